The Labute approximate surface area is 169 Å². The summed E-state index contributed by atoms with van der Waals surface area (Å²) in [5.74, 6) is 1.80. The predicted molar refractivity (Wildman–Crippen MR) is 108 cm³/mol. The van der Waals surface area contributed by atoms with Crippen LogP contribution in [0.25, 0.3) is 0 Å². The predicted octanol–water partition coefficient (Wildman–Crippen LogP) is 2.03. The number of carbonyl (C=O) groups is 2. The third-order valence-corrected chi connectivity index (χ3v) is 7.29. The molecule has 6 nitrogen and oxygen atoms in total. The Morgan fingerprint density at radius 2 is 1.86 bits per heavy atom. The lowest BCUT2D eigenvalue weighted by molar-refractivity contribution is -0.133. The smallest absolute Gasteiger partial charge is 0.225 e. The first-order valence-electron chi connectivity index (χ1n) is 11.4. The van der Waals surface area contributed by atoms with Gasteiger partial charge in [-0.1, -0.05) is 6.42 Å². The fourth-order valence-electron chi connectivity index (χ4n) is 5.72. The number of likely N-dealkylation sites (tertiary alicyclic amines) is 2. The zero-order valence-electron chi connectivity index (χ0n) is 17.6. The zero-order chi connectivity index (χ0) is 19.7. The summed E-state index contributed by atoms with van der Waals surface area (Å²) < 4.78 is 6.19. The Morgan fingerprint density at radius 1 is 1.11 bits per heavy atom. The average molecular weight is 392 g/mol. The molecule has 4 fully saturated rings. The van der Waals surface area contributed by atoms with Crippen LogP contribution in [-0.2, 0) is 14.3 Å². The van der Waals surface area contributed by atoms with Crippen LogP contribution in [0, 0.1) is 17.8 Å². The van der Waals surface area contributed by atoms with Crippen LogP contribution in [0.2, 0.25) is 0 Å². The van der Waals surface area contributed by atoms with Gasteiger partial charge in [-0.05, 0) is 51.4 Å². The van der Waals surface area contributed by atoms with Gasteiger partial charge in [0.05, 0.1) is 19.1 Å². The molecule has 0 radical (unpaired) electrons. The highest BCUT2D eigenvalue weighted by Gasteiger charge is 2.51. The lowest BCUT2D eigenvalue weighted by Crippen LogP contribution is -2.39. The molecular formula is C22H37N3O3. The first-order valence-corrected chi connectivity index (χ1v) is 11.4. The SMILES string of the molecule is CC(C)NC(=O)C[C@@H]1CN(CC2CCC2)[C@@H]2CO[C@@H](CC(=O)N3CCCC3)[C@H]12. The van der Waals surface area contributed by atoms with E-state index in [-0.39, 0.29) is 24.0 Å². The fraction of sp³-hybridized carbons (Fsp3) is 0.909. The lowest BCUT2D eigenvalue weighted by Gasteiger charge is -2.32. The number of nitrogens with one attached hydrogen (secondary N) is 1. The van der Waals surface area contributed by atoms with Gasteiger partial charge < -0.3 is 15.0 Å². The van der Waals surface area contributed by atoms with Crippen molar-refractivity contribution in [3.8, 4) is 0 Å². The number of ether oxygens (including phenoxy) is 1. The molecule has 1 aliphatic carbocycles. The van der Waals surface area contributed by atoms with Crippen LogP contribution in [0.4, 0.5) is 0 Å². The summed E-state index contributed by atoms with van der Waals surface area (Å²) in [4.78, 5) is 29.8. The van der Waals surface area contributed by atoms with Crippen LogP contribution in [0.5, 0.6) is 0 Å². The standard InChI is InChI=1S/C22H37N3O3/c1-15(2)23-20(26)10-17-13-25(12-16-6-5-7-16)18-14-28-19(22(17)18)11-21(27)24-8-3-4-9-24/h15-19,22H,3-14H2,1-2H3,(H,23,26)/t17-,18-,19+,22-/m1/s1. The molecule has 1 saturated carbocycles. The molecule has 3 aliphatic heterocycles. The largest absolute Gasteiger partial charge is 0.376 e. The summed E-state index contributed by atoms with van der Waals surface area (Å²) >= 11 is 0. The highest BCUT2D eigenvalue weighted by Crippen LogP contribution is 2.43. The zero-order valence-corrected chi connectivity index (χ0v) is 17.6. The molecule has 4 rings (SSSR count). The molecule has 4 aliphatic rings. The van der Waals surface area contributed by atoms with Crippen molar-refractivity contribution in [2.75, 3.05) is 32.8 Å². The van der Waals surface area contributed by atoms with E-state index in [1.54, 1.807) is 0 Å². The minimum absolute atomic E-state index is 0.0265. The summed E-state index contributed by atoms with van der Waals surface area (Å²) in [6, 6.07) is 0.553. The van der Waals surface area contributed by atoms with Gasteiger partial charge in [0.25, 0.3) is 0 Å². The number of amides is 2. The molecule has 0 aromatic heterocycles. The van der Waals surface area contributed by atoms with Gasteiger partial charge in [0.2, 0.25) is 11.8 Å². The summed E-state index contributed by atoms with van der Waals surface area (Å²) in [5, 5.41) is 3.05. The molecule has 158 valence electrons. The molecule has 6 heteroatoms. The van der Waals surface area contributed by atoms with Gasteiger partial charge in [-0.2, -0.15) is 0 Å². The summed E-state index contributed by atoms with van der Waals surface area (Å²) in [6.07, 6.45) is 7.29. The van der Waals surface area contributed by atoms with Crippen molar-refractivity contribution in [1.82, 2.24) is 15.1 Å². The van der Waals surface area contributed by atoms with E-state index in [2.05, 4.69) is 10.2 Å². The maximum absolute atomic E-state index is 12.7. The normalized spacial score (nSPS) is 33.3. The number of nitrogens with zero attached hydrogens (tertiary/aromatic N) is 2. The second-order valence-electron chi connectivity index (χ2n) is 9.75. The van der Waals surface area contributed by atoms with E-state index < -0.39 is 0 Å². The van der Waals surface area contributed by atoms with Crippen molar-refractivity contribution in [3.05, 3.63) is 0 Å². The molecule has 28 heavy (non-hydrogen) atoms. The summed E-state index contributed by atoms with van der Waals surface area (Å²) in [5.41, 5.74) is 0. The first-order chi connectivity index (χ1) is 13.5. The van der Waals surface area contributed by atoms with Crippen LogP contribution < -0.4 is 5.32 Å². The quantitative estimate of drug-likeness (QED) is 0.721. The Balaban J connectivity index is 1.42. The van der Waals surface area contributed by atoms with E-state index in [0.29, 0.717) is 30.7 Å². The molecule has 1 N–H and O–H groups in total. The van der Waals surface area contributed by atoms with E-state index in [9.17, 15) is 9.59 Å². The molecule has 0 aromatic rings. The van der Waals surface area contributed by atoms with Crippen molar-refractivity contribution >= 4 is 11.8 Å². The second-order valence-corrected chi connectivity index (χ2v) is 9.75. The third kappa shape index (κ3) is 4.38. The fourth-order valence-corrected chi connectivity index (χ4v) is 5.72. The van der Waals surface area contributed by atoms with Crippen molar-refractivity contribution in [1.29, 1.82) is 0 Å². The maximum atomic E-state index is 12.7. The molecule has 0 aromatic carbocycles. The maximum Gasteiger partial charge on any atom is 0.225 e. The summed E-state index contributed by atoms with van der Waals surface area (Å²) in [6.45, 7) is 8.65. The molecule has 0 unspecified atom stereocenters. The van der Waals surface area contributed by atoms with Crippen molar-refractivity contribution in [3.63, 3.8) is 0 Å². The molecule has 0 spiro atoms. The minimum Gasteiger partial charge on any atom is -0.376 e. The molecule has 3 heterocycles. The Bertz CT molecular complexity index is 571. The van der Waals surface area contributed by atoms with Crippen LogP contribution in [-0.4, -0.2) is 72.6 Å². The number of hydrogen-bond acceptors (Lipinski definition) is 4. The molecule has 0 bridgehead atoms. The van der Waals surface area contributed by atoms with Crippen molar-refractivity contribution in [2.45, 2.75) is 77.0 Å². The average Bonchev–Trinajstić information content (AvgIpc) is 3.30. The number of rotatable bonds is 7. The van der Waals surface area contributed by atoms with Gasteiger partial charge >= 0.3 is 0 Å². The van der Waals surface area contributed by atoms with Gasteiger partial charge in [-0.15, -0.1) is 0 Å². The van der Waals surface area contributed by atoms with Gasteiger partial charge in [-0.3, -0.25) is 14.5 Å². The molecule has 4 atom stereocenters. The van der Waals surface area contributed by atoms with Crippen LogP contribution in [0.15, 0.2) is 0 Å². The van der Waals surface area contributed by atoms with E-state index in [0.717, 1.165) is 51.5 Å². The van der Waals surface area contributed by atoms with E-state index in [4.69, 9.17) is 4.74 Å². The highest BCUT2D eigenvalue weighted by atomic mass is 16.5. The Kier molecular flexibility index (Phi) is 6.26. The van der Waals surface area contributed by atoms with E-state index in [1.807, 2.05) is 18.7 Å². The number of hydrogen-bond donors (Lipinski definition) is 1. The van der Waals surface area contributed by atoms with Crippen LogP contribution >= 0.6 is 0 Å². The van der Waals surface area contributed by atoms with Gasteiger partial charge in [-0.25, -0.2) is 0 Å². The number of fused-ring (bicyclic) bond motifs is 1. The van der Waals surface area contributed by atoms with E-state index in [1.165, 1.54) is 19.3 Å². The van der Waals surface area contributed by atoms with Gasteiger partial charge in [0.1, 0.15) is 0 Å². The molecular weight excluding hydrogens is 354 g/mol. The monoisotopic (exact) mass is 391 g/mol. The van der Waals surface area contributed by atoms with Gasteiger partial charge in [0.15, 0.2) is 0 Å². The molecule has 3 saturated heterocycles. The van der Waals surface area contributed by atoms with Crippen LogP contribution in [0.1, 0.15) is 58.8 Å². The summed E-state index contributed by atoms with van der Waals surface area (Å²) in [7, 11) is 0. The van der Waals surface area contributed by atoms with Gasteiger partial charge in [0, 0.05) is 50.6 Å². The number of carbonyl (C=O) groups excluding carboxylic acids is 2. The minimum atomic E-state index is -0.0265. The Morgan fingerprint density at radius 3 is 2.50 bits per heavy atom. The Hall–Kier alpha value is -1.14. The van der Waals surface area contributed by atoms with Crippen molar-refractivity contribution < 1.29 is 14.3 Å². The van der Waals surface area contributed by atoms with E-state index >= 15 is 0 Å². The first kappa shape index (κ1) is 20.1. The van der Waals surface area contributed by atoms with Crippen LogP contribution in [0.3, 0.4) is 0 Å². The second kappa shape index (κ2) is 8.70. The van der Waals surface area contributed by atoms with Crippen molar-refractivity contribution in [2.24, 2.45) is 17.8 Å². The third-order valence-electron chi connectivity index (χ3n) is 7.29. The topological polar surface area (TPSA) is 61.9 Å². The highest BCUT2D eigenvalue weighted by molar-refractivity contribution is 5.77. The lowest BCUT2D eigenvalue weighted by atomic mass is 9.83. The molecule has 2 amide bonds.